The lowest BCUT2D eigenvalue weighted by atomic mass is 10.1. The summed E-state index contributed by atoms with van der Waals surface area (Å²) in [5.41, 5.74) is 1.93. The Balaban J connectivity index is 1.46. The van der Waals surface area contributed by atoms with Gasteiger partial charge < -0.3 is 9.80 Å². The summed E-state index contributed by atoms with van der Waals surface area (Å²) in [6.45, 7) is 9.20. The molecule has 0 atom stereocenters. The number of amides is 1. The fraction of sp³-hybridized carbons (Fsp3) is 0.316. The Hall–Kier alpha value is -5.41. The third-order valence-corrected chi connectivity index (χ3v) is 9.35. The fourth-order valence-corrected chi connectivity index (χ4v) is 6.84. The number of hydrogen-bond donors (Lipinski definition) is 1. The number of carbonyl (C=O) groups is 1. The average molecular weight is 683 g/mol. The van der Waals surface area contributed by atoms with Crippen LogP contribution in [-0.4, -0.2) is 56.2 Å². The Labute approximate surface area is 288 Å². The molecule has 1 amide bonds. The summed E-state index contributed by atoms with van der Waals surface area (Å²) < 4.78 is 46.0. The van der Waals surface area contributed by atoms with Gasteiger partial charge in [0.15, 0.2) is 5.69 Å². The van der Waals surface area contributed by atoms with Gasteiger partial charge in [-0.15, -0.1) is 0 Å². The molecule has 258 valence electrons. The smallest absolute Gasteiger partial charge is 0.349 e. The van der Waals surface area contributed by atoms with Crippen LogP contribution in [-0.2, 0) is 26.2 Å². The van der Waals surface area contributed by atoms with Crippen molar-refractivity contribution in [2.45, 2.75) is 50.9 Å². The van der Waals surface area contributed by atoms with Crippen LogP contribution in [0.5, 0.6) is 0 Å². The van der Waals surface area contributed by atoms with E-state index in [9.17, 15) is 22.8 Å². The predicted octanol–water partition coefficient (Wildman–Crippen LogP) is 7.09. The van der Waals surface area contributed by atoms with Crippen LogP contribution in [0.3, 0.4) is 0 Å². The maximum atomic E-state index is 14.2. The van der Waals surface area contributed by atoms with Crippen molar-refractivity contribution in [2.24, 2.45) is 7.05 Å². The molecule has 0 bridgehead atoms. The minimum atomic E-state index is -4.63. The summed E-state index contributed by atoms with van der Waals surface area (Å²) in [6.07, 6.45) is 1.000. The van der Waals surface area contributed by atoms with E-state index in [0.29, 0.717) is 28.0 Å². The highest BCUT2D eigenvalue weighted by Crippen LogP contribution is 2.33. The Morgan fingerprint density at radius 2 is 1.76 bits per heavy atom. The van der Waals surface area contributed by atoms with Gasteiger partial charge in [0.25, 0.3) is 11.5 Å². The third kappa shape index (κ3) is 7.14. The van der Waals surface area contributed by atoms with Gasteiger partial charge in [0.1, 0.15) is 17.8 Å². The standard InChI is InChI=1S/C38H38F3N7O2/c1-42-30-17-18-32(27(23-30)20-22-48(3,4)25-26-11-6-5-7-12-26)46-33(19-21-43-46)35-34(36(49)44-29-14-8-9-15-29)37(50)47(45(35)2)31-16-10-13-28(24-31)38(39,40)41/h5-7,10-13,16-19,21,23-24,29H,8-9,14-15,20,22,25H2,2-4H3/p+1. The molecule has 0 spiro atoms. The van der Waals surface area contributed by atoms with Crippen molar-refractivity contribution in [3.63, 3.8) is 0 Å². The largest absolute Gasteiger partial charge is 0.416 e. The lowest BCUT2D eigenvalue weighted by Crippen LogP contribution is -2.40. The molecule has 1 fully saturated rings. The van der Waals surface area contributed by atoms with E-state index in [4.69, 9.17) is 6.57 Å². The summed E-state index contributed by atoms with van der Waals surface area (Å²) >= 11 is 0. The van der Waals surface area contributed by atoms with Crippen molar-refractivity contribution in [2.75, 3.05) is 20.6 Å². The summed E-state index contributed by atoms with van der Waals surface area (Å²) in [5, 5.41) is 7.62. The molecule has 2 aromatic heterocycles. The van der Waals surface area contributed by atoms with E-state index in [-0.39, 0.29) is 23.0 Å². The number of nitrogens with zero attached hydrogens (tertiary/aromatic N) is 6. The number of carbonyl (C=O) groups excluding carboxylic acids is 1. The van der Waals surface area contributed by atoms with Gasteiger partial charge in [0, 0.05) is 25.1 Å². The molecule has 1 saturated carbocycles. The summed E-state index contributed by atoms with van der Waals surface area (Å²) in [7, 11) is 5.84. The van der Waals surface area contributed by atoms with E-state index in [0.717, 1.165) is 61.2 Å². The number of benzene rings is 3. The Morgan fingerprint density at radius 1 is 1.02 bits per heavy atom. The second kappa shape index (κ2) is 13.8. The quantitative estimate of drug-likeness (QED) is 0.126. The van der Waals surface area contributed by atoms with Gasteiger partial charge in [-0.1, -0.05) is 61.4 Å². The highest BCUT2D eigenvalue weighted by molar-refractivity contribution is 6.00. The van der Waals surface area contributed by atoms with Crippen molar-refractivity contribution in [3.05, 3.63) is 129 Å². The number of nitrogens with one attached hydrogen (secondary N) is 1. The van der Waals surface area contributed by atoms with Gasteiger partial charge in [-0.25, -0.2) is 14.2 Å². The molecule has 0 aliphatic heterocycles. The lowest BCUT2D eigenvalue weighted by molar-refractivity contribution is -0.903. The van der Waals surface area contributed by atoms with Crippen LogP contribution >= 0.6 is 0 Å². The molecule has 12 heteroatoms. The number of halogens is 3. The third-order valence-electron chi connectivity index (χ3n) is 9.35. The zero-order valence-electron chi connectivity index (χ0n) is 28.2. The van der Waals surface area contributed by atoms with Crippen LogP contribution in [0.4, 0.5) is 18.9 Å². The van der Waals surface area contributed by atoms with Crippen molar-refractivity contribution >= 4 is 11.6 Å². The lowest BCUT2D eigenvalue weighted by Gasteiger charge is -2.30. The van der Waals surface area contributed by atoms with E-state index in [2.05, 4.69) is 41.5 Å². The van der Waals surface area contributed by atoms with E-state index in [1.165, 1.54) is 22.4 Å². The molecule has 5 aromatic rings. The first kappa shape index (κ1) is 34.5. The zero-order chi connectivity index (χ0) is 35.6. The van der Waals surface area contributed by atoms with Gasteiger partial charge in [-0.2, -0.15) is 18.3 Å². The van der Waals surface area contributed by atoms with Crippen molar-refractivity contribution in [1.29, 1.82) is 0 Å². The SMILES string of the molecule is [C-]#[N+]c1ccc(-n2nccc2-c2c(C(=O)NC3CCCC3)c(=O)n(-c3cccc(C(F)(F)F)c3)n2C)c(CC[N+](C)(C)Cc2ccccc2)c1. The first-order valence-electron chi connectivity index (χ1n) is 16.6. The van der Waals surface area contributed by atoms with Gasteiger partial charge in [-0.05, 0) is 48.7 Å². The normalized spacial score (nSPS) is 13.8. The summed E-state index contributed by atoms with van der Waals surface area (Å²) in [5.74, 6) is -0.588. The van der Waals surface area contributed by atoms with E-state index in [1.807, 2.05) is 24.3 Å². The van der Waals surface area contributed by atoms with Crippen LogP contribution in [0.2, 0.25) is 0 Å². The number of aromatic nitrogens is 4. The monoisotopic (exact) mass is 682 g/mol. The van der Waals surface area contributed by atoms with Gasteiger partial charge >= 0.3 is 6.18 Å². The number of hydrogen-bond acceptors (Lipinski definition) is 3. The summed E-state index contributed by atoms with van der Waals surface area (Å²) in [4.78, 5) is 31.8. The first-order chi connectivity index (χ1) is 23.9. The number of rotatable bonds is 10. The molecule has 50 heavy (non-hydrogen) atoms. The maximum Gasteiger partial charge on any atom is 0.416 e. The van der Waals surface area contributed by atoms with E-state index >= 15 is 0 Å². The topological polar surface area (TPSA) is 78.2 Å². The molecule has 3 aromatic carbocycles. The maximum absolute atomic E-state index is 14.2. The molecule has 2 heterocycles. The van der Waals surface area contributed by atoms with Crippen LogP contribution in [0.15, 0.2) is 89.9 Å². The van der Waals surface area contributed by atoms with Gasteiger partial charge in [0.2, 0.25) is 0 Å². The number of alkyl halides is 3. The van der Waals surface area contributed by atoms with Crippen molar-refractivity contribution in [3.8, 4) is 22.8 Å². The van der Waals surface area contributed by atoms with Gasteiger partial charge in [-0.3, -0.25) is 14.3 Å². The zero-order valence-corrected chi connectivity index (χ0v) is 28.2. The summed E-state index contributed by atoms with van der Waals surface area (Å²) in [6, 6.07) is 21.6. The highest BCUT2D eigenvalue weighted by atomic mass is 19.4. The number of likely N-dealkylation sites (N-methyl/N-ethyl adjacent to an activating group) is 1. The van der Waals surface area contributed by atoms with E-state index < -0.39 is 23.2 Å². The molecule has 9 nitrogen and oxygen atoms in total. The van der Waals surface area contributed by atoms with E-state index in [1.54, 1.807) is 36.1 Å². The Morgan fingerprint density at radius 3 is 2.46 bits per heavy atom. The molecular formula is C38H39F3N7O2+. The van der Waals surface area contributed by atoms with Crippen molar-refractivity contribution in [1.82, 2.24) is 24.5 Å². The fourth-order valence-electron chi connectivity index (χ4n) is 6.84. The molecular weight excluding hydrogens is 643 g/mol. The molecule has 0 unspecified atom stereocenters. The second-order valence-electron chi connectivity index (χ2n) is 13.5. The van der Waals surface area contributed by atoms with Crippen LogP contribution in [0.1, 0.15) is 52.7 Å². The predicted molar refractivity (Wildman–Crippen MR) is 185 cm³/mol. The molecule has 1 aliphatic carbocycles. The highest BCUT2D eigenvalue weighted by Gasteiger charge is 2.33. The molecule has 6 rings (SSSR count). The van der Waals surface area contributed by atoms with Crippen LogP contribution in [0.25, 0.3) is 27.6 Å². The van der Waals surface area contributed by atoms with Crippen LogP contribution in [0, 0.1) is 6.57 Å². The average Bonchev–Trinajstić information content (AvgIpc) is 3.83. The second-order valence-corrected chi connectivity index (χ2v) is 13.5. The molecule has 0 saturated heterocycles. The minimum Gasteiger partial charge on any atom is -0.349 e. The number of quaternary nitrogens is 1. The van der Waals surface area contributed by atoms with Crippen LogP contribution < -0.4 is 10.9 Å². The first-order valence-corrected chi connectivity index (χ1v) is 16.6. The molecule has 1 N–H and O–H groups in total. The minimum absolute atomic E-state index is 0.0277. The molecule has 0 radical (unpaired) electrons. The van der Waals surface area contributed by atoms with Gasteiger partial charge in [0.05, 0.1) is 56.0 Å². The Kier molecular flexibility index (Phi) is 9.54. The van der Waals surface area contributed by atoms with Crippen molar-refractivity contribution < 1.29 is 22.4 Å². The Bertz CT molecular complexity index is 2110. The molecule has 1 aliphatic rings.